The second kappa shape index (κ2) is 12.3. The Morgan fingerprint density at radius 3 is 2.53 bits per heavy atom. The second-order valence-corrected chi connectivity index (χ2v) is 11.3. The lowest BCUT2D eigenvalue weighted by molar-refractivity contribution is -0.109. The van der Waals surface area contributed by atoms with E-state index in [0.29, 0.717) is 54.1 Å². The molecule has 0 radical (unpaired) electrons. The minimum atomic E-state index is -4.18. The first-order chi connectivity index (χ1) is 18.4. The van der Waals surface area contributed by atoms with Crippen LogP contribution in [0.15, 0.2) is 70.8 Å². The van der Waals surface area contributed by atoms with E-state index in [-0.39, 0.29) is 22.4 Å². The van der Waals surface area contributed by atoms with Gasteiger partial charge in [-0.25, -0.2) is 17.4 Å². The van der Waals surface area contributed by atoms with E-state index >= 15 is 0 Å². The fraction of sp³-hybridized carbons (Fsp3) is 0.269. The molecule has 4 rings (SSSR count). The lowest BCUT2D eigenvalue weighted by Gasteiger charge is -2.13. The van der Waals surface area contributed by atoms with Crippen LogP contribution < -0.4 is 9.47 Å². The minimum Gasteiger partial charge on any atom is -0.493 e. The molecule has 0 aliphatic heterocycles. The monoisotopic (exact) mass is 557 g/mol. The molecular formula is C26H27N3O7S2. The minimum absolute atomic E-state index is 0.0434. The van der Waals surface area contributed by atoms with Crippen molar-refractivity contribution in [2.24, 2.45) is 0 Å². The summed E-state index contributed by atoms with van der Waals surface area (Å²) in [6.07, 6.45) is 2.88. The number of methoxy groups -OCH3 is 1. The molecule has 200 valence electrons. The molecule has 0 amide bonds. The van der Waals surface area contributed by atoms with Gasteiger partial charge >= 0.3 is 0 Å². The number of hydrogen-bond donors (Lipinski definition) is 0. The van der Waals surface area contributed by atoms with Gasteiger partial charge in [0, 0.05) is 31.9 Å². The molecule has 0 aliphatic carbocycles. The van der Waals surface area contributed by atoms with Crippen LogP contribution >= 0.6 is 0 Å². The molecule has 12 heteroatoms. The van der Waals surface area contributed by atoms with Crippen LogP contribution in [0.25, 0.3) is 11.0 Å². The maximum Gasteiger partial charge on any atom is 0.270 e. The van der Waals surface area contributed by atoms with E-state index in [9.17, 15) is 17.4 Å². The van der Waals surface area contributed by atoms with Crippen molar-refractivity contribution in [2.75, 3.05) is 26.9 Å². The molecule has 0 bridgehead atoms. The van der Waals surface area contributed by atoms with Gasteiger partial charge in [-0.2, -0.15) is 0 Å². The summed E-state index contributed by atoms with van der Waals surface area (Å²) in [7, 11) is -4.42. The van der Waals surface area contributed by atoms with E-state index in [1.54, 1.807) is 43.6 Å². The highest BCUT2D eigenvalue weighted by Crippen LogP contribution is 2.28. The molecule has 2 aromatic carbocycles. The average molecular weight is 558 g/mol. The Bertz CT molecular complexity index is 1550. The third-order valence-electron chi connectivity index (χ3n) is 5.65. The van der Waals surface area contributed by atoms with Crippen LogP contribution in [0.5, 0.6) is 11.5 Å². The molecule has 1 unspecified atom stereocenters. The number of imidazole rings is 1. The number of rotatable bonds is 13. The predicted octanol–water partition coefficient (Wildman–Crippen LogP) is 3.28. The highest BCUT2D eigenvalue weighted by molar-refractivity contribution is 7.91. The van der Waals surface area contributed by atoms with Gasteiger partial charge in [-0.1, -0.05) is 12.1 Å². The van der Waals surface area contributed by atoms with Crippen molar-refractivity contribution >= 4 is 38.1 Å². The number of benzene rings is 2. The molecule has 1 atom stereocenters. The van der Waals surface area contributed by atoms with Gasteiger partial charge < -0.3 is 14.2 Å². The molecule has 0 spiro atoms. The Morgan fingerprint density at radius 2 is 1.79 bits per heavy atom. The van der Waals surface area contributed by atoms with Crippen molar-refractivity contribution in [2.45, 2.75) is 29.1 Å². The zero-order chi connectivity index (χ0) is 27.1. The standard InChI is InChI=1S/C26H27N3O7S2/c1-19-23(27-13-12-25(19)36-16-5-15-34-2)18-37(31)26-28-22-6-3-4-7-24(22)29(26)38(32,33)21-10-8-20(9-11-21)35-17-14-30/h3-4,6-14H,5,15-18H2,1-2H3. The molecule has 2 heterocycles. The molecular weight excluding hydrogens is 530 g/mol. The van der Waals surface area contributed by atoms with Crippen molar-refractivity contribution in [3.8, 4) is 11.5 Å². The number of aldehydes is 1. The molecule has 0 N–H and O–H groups in total. The van der Waals surface area contributed by atoms with E-state index in [0.717, 1.165) is 9.54 Å². The number of fused-ring (bicyclic) bond motifs is 1. The summed E-state index contributed by atoms with van der Waals surface area (Å²) in [6.45, 7) is 2.70. The SMILES string of the molecule is COCCCOc1ccnc(CS(=O)c2nc3ccccc3n2S(=O)(=O)c2ccc(OCC=O)cc2)c1C. The number of para-hydroxylation sites is 2. The Labute approximate surface area is 223 Å². The Kier molecular flexibility index (Phi) is 8.87. The van der Waals surface area contributed by atoms with Gasteiger partial charge in [0.1, 0.15) is 18.1 Å². The van der Waals surface area contributed by atoms with Crippen molar-refractivity contribution in [3.05, 3.63) is 72.1 Å². The first-order valence-electron chi connectivity index (χ1n) is 11.7. The lowest BCUT2D eigenvalue weighted by atomic mass is 10.2. The van der Waals surface area contributed by atoms with Crippen LogP contribution in [-0.2, 0) is 36.1 Å². The Balaban J connectivity index is 1.68. The summed E-state index contributed by atoms with van der Waals surface area (Å²) in [5, 5.41) is -0.111. The summed E-state index contributed by atoms with van der Waals surface area (Å²) < 4.78 is 58.2. The van der Waals surface area contributed by atoms with E-state index in [4.69, 9.17) is 14.2 Å². The first-order valence-corrected chi connectivity index (χ1v) is 14.5. The van der Waals surface area contributed by atoms with Gasteiger partial charge in [0.05, 0.1) is 44.8 Å². The molecule has 0 aliphatic rings. The summed E-state index contributed by atoms with van der Waals surface area (Å²) in [5.74, 6) is 0.903. The van der Waals surface area contributed by atoms with Crippen LogP contribution in [0.3, 0.4) is 0 Å². The lowest BCUT2D eigenvalue weighted by Crippen LogP contribution is -2.18. The number of ether oxygens (including phenoxy) is 3. The van der Waals surface area contributed by atoms with Gasteiger partial charge in [-0.15, -0.1) is 0 Å². The molecule has 0 fully saturated rings. The molecule has 2 aromatic heterocycles. The van der Waals surface area contributed by atoms with Gasteiger partial charge in [-0.05, 0) is 49.4 Å². The number of carbonyl (C=O) groups excluding carboxylic acids is 1. The smallest absolute Gasteiger partial charge is 0.270 e. The number of carbonyl (C=O) groups is 1. The van der Waals surface area contributed by atoms with Gasteiger partial charge in [0.2, 0.25) is 5.16 Å². The van der Waals surface area contributed by atoms with E-state index in [1.807, 2.05) is 6.92 Å². The highest BCUT2D eigenvalue weighted by atomic mass is 32.2. The van der Waals surface area contributed by atoms with Crippen molar-refractivity contribution in [1.29, 1.82) is 0 Å². The van der Waals surface area contributed by atoms with Gasteiger partial charge in [0.15, 0.2) is 6.29 Å². The highest BCUT2D eigenvalue weighted by Gasteiger charge is 2.28. The normalized spacial score (nSPS) is 12.4. The fourth-order valence-corrected chi connectivity index (χ4v) is 6.78. The summed E-state index contributed by atoms with van der Waals surface area (Å²) in [4.78, 5) is 19.3. The van der Waals surface area contributed by atoms with Gasteiger partial charge in [0.25, 0.3) is 10.0 Å². The Morgan fingerprint density at radius 1 is 1.03 bits per heavy atom. The zero-order valence-electron chi connectivity index (χ0n) is 20.9. The zero-order valence-corrected chi connectivity index (χ0v) is 22.5. The number of nitrogens with zero attached hydrogens (tertiary/aromatic N) is 3. The van der Waals surface area contributed by atoms with Crippen molar-refractivity contribution in [1.82, 2.24) is 13.9 Å². The molecule has 4 aromatic rings. The summed E-state index contributed by atoms with van der Waals surface area (Å²) in [5.41, 5.74) is 1.93. The quantitative estimate of drug-likeness (QED) is 0.180. The third-order valence-corrected chi connectivity index (χ3v) is 8.70. The first kappa shape index (κ1) is 27.4. The van der Waals surface area contributed by atoms with Crippen LogP contribution in [0.4, 0.5) is 0 Å². The molecule has 0 saturated heterocycles. The molecule has 10 nitrogen and oxygen atoms in total. The van der Waals surface area contributed by atoms with Crippen LogP contribution in [-0.4, -0.2) is 59.8 Å². The summed E-state index contributed by atoms with van der Waals surface area (Å²) >= 11 is 0. The molecule has 38 heavy (non-hydrogen) atoms. The number of aromatic nitrogens is 3. The maximum absolute atomic E-state index is 13.8. The summed E-state index contributed by atoms with van der Waals surface area (Å²) in [6, 6.07) is 14.1. The number of pyridine rings is 1. The number of hydrogen-bond acceptors (Lipinski definition) is 9. The van der Waals surface area contributed by atoms with Crippen molar-refractivity contribution in [3.63, 3.8) is 0 Å². The van der Waals surface area contributed by atoms with Crippen molar-refractivity contribution < 1.29 is 31.6 Å². The topological polar surface area (TPSA) is 127 Å². The van der Waals surface area contributed by atoms with E-state index in [1.165, 1.54) is 24.3 Å². The van der Waals surface area contributed by atoms with E-state index in [2.05, 4.69) is 9.97 Å². The van der Waals surface area contributed by atoms with Crippen LogP contribution in [0, 0.1) is 6.92 Å². The maximum atomic E-state index is 13.8. The fourth-order valence-electron chi connectivity index (χ4n) is 3.74. The van der Waals surface area contributed by atoms with Crippen LogP contribution in [0.2, 0.25) is 0 Å². The van der Waals surface area contributed by atoms with Crippen LogP contribution in [0.1, 0.15) is 17.7 Å². The third kappa shape index (κ3) is 5.93. The average Bonchev–Trinajstić information content (AvgIpc) is 3.33. The van der Waals surface area contributed by atoms with Gasteiger partial charge in [-0.3, -0.25) is 14.0 Å². The predicted molar refractivity (Wildman–Crippen MR) is 141 cm³/mol. The Hall–Kier alpha value is -3.61. The van der Waals surface area contributed by atoms with E-state index < -0.39 is 20.8 Å². The second-order valence-electron chi connectivity index (χ2n) is 8.17. The largest absolute Gasteiger partial charge is 0.493 e. The molecule has 0 saturated carbocycles.